The lowest BCUT2D eigenvalue weighted by Gasteiger charge is -2.26. The Hall–Kier alpha value is -2.82. The van der Waals surface area contributed by atoms with Crippen molar-refractivity contribution >= 4 is 21.7 Å². The number of nitrogens with zero attached hydrogens (tertiary/aromatic N) is 2. The normalized spacial score (nSPS) is 15.2. The minimum Gasteiger partial charge on any atom is -0.416 e. The number of aryl methyl sites for hydroxylation is 1. The molecule has 9 nitrogen and oxygen atoms in total. The standard InChI is InChI=1S/C18H18N2O7S/c1-13-5-6-16(20(22)23)17(11-13)27-18(21)14-3-2-4-15(12-14)28(24,25)19-7-9-26-10-8-19/h2-6,11-12H,7-10H2,1H3. The number of nitro groups is 1. The van der Waals surface area contributed by atoms with Crippen molar-refractivity contribution in [3.8, 4) is 5.75 Å². The fraction of sp³-hybridized carbons (Fsp3) is 0.278. The molecular weight excluding hydrogens is 388 g/mol. The van der Waals surface area contributed by atoms with Crippen LogP contribution in [0, 0.1) is 17.0 Å². The van der Waals surface area contributed by atoms with Crippen molar-refractivity contribution in [2.45, 2.75) is 11.8 Å². The van der Waals surface area contributed by atoms with Crippen molar-refractivity contribution in [1.82, 2.24) is 4.31 Å². The Labute approximate surface area is 161 Å². The van der Waals surface area contributed by atoms with E-state index in [1.165, 1.54) is 46.8 Å². The highest BCUT2D eigenvalue weighted by molar-refractivity contribution is 7.89. The summed E-state index contributed by atoms with van der Waals surface area (Å²) >= 11 is 0. The molecule has 0 saturated carbocycles. The van der Waals surface area contributed by atoms with Crippen LogP contribution in [-0.4, -0.2) is 49.9 Å². The van der Waals surface area contributed by atoms with Crippen LogP contribution in [0.2, 0.25) is 0 Å². The summed E-state index contributed by atoms with van der Waals surface area (Å²) in [5.41, 5.74) is 0.304. The number of hydrogen-bond acceptors (Lipinski definition) is 7. The predicted molar refractivity (Wildman–Crippen MR) is 98.8 cm³/mol. The molecule has 2 aromatic rings. The van der Waals surface area contributed by atoms with Crippen molar-refractivity contribution < 1.29 is 27.6 Å². The summed E-state index contributed by atoms with van der Waals surface area (Å²) in [5, 5.41) is 11.1. The summed E-state index contributed by atoms with van der Waals surface area (Å²) in [6.07, 6.45) is 0. The van der Waals surface area contributed by atoms with Crippen LogP contribution >= 0.6 is 0 Å². The Morgan fingerprint density at radius 3 is 2.57 bits per heavy atom. The number of hydrogen-bond donors (Lipinski definition) is 0. The quantitative estimate of drug-likeness (QED) is 0.323. The predicted octanol–water partition coefficient (Wildman–Crippen LogP) is 2.14. The molecule has 10 heteroatoms. The number of sulfonamides is 1. The summed E-state index contributed by atoms with van der Waals surface area (Å²) in [5.74, 6) is -1.08. The van der Waals surface area contributed by atoms with Gasteiger partial charge < -0.3 is 9.47 Å². The Morgan fingerprint density at radius 2 is 1.89 bits per heavy atom. The summed E-state index contributed by atoms with van der Waals surface area (Å²) in [7, 11) is -3.78. The van der Waals surface area contributed by atoms with E-state index in [-0.39, 0.29) is 35.0 Å². The average molecular weight is 406 g/mol. The van der Waals surface area contributed by atoms with Crippen molar-refractivity contribution in [1.29, 1.82) is 0 Å². The molecule has 1 saturated heterocycles. The van der Waals surface area contributed by atoms with Gasteiger partial charge in [-0.2, -0.15) is 4.31 Å². The highest BCUT2D eigenvalue weighted by Crippen LogP contribution is 2.29. The van der Waals surface area contributed by atoms with Crippen LogP contribution in [0.25, 0.3) is 0 Å². The molecule has 0 N–H and O–H groups in total. The van der Waals surface area contributed by atoms with E-state index in [1.54, 1.807) is 6.92 Å². The fourth-order valence-electron chi connectivity index (χ4n) is 2.73. The van der Waals surface area contributed by atoms with E-state index >= 15 is 0 Å². The van der Waals surface area contributed by atoms with Crippen LogP contribution in [0.4, 0.5) is 5.69 Å². The van der Waals surface area contributed by atoms with Gasteiger partial charge in [0.15, 0.2) is 0 Å². The summed E-state index contributed by atoms with van der Waals surface area (Å²) < 4.78 is 37.1. The Bertz CT molecular complexity index is 1010. The average Bonchev–Trinajstić information content (AvgIpc) is 2.68. The molecule has 0 aliphatic carbocycles. The summed E-state index contributed by atoms with van der Waals surface area (Å²) in [4.78, 5) is 22.9. The first-order valence-electron chi connectivity index (χ1n) is 8.44. The summed E-state index contributed by atoms with van der Waals surface area (Å²) in [6, 6.07) is 9.56. The second-order valence-corrected chi connectivity index (χ2v) is 8.10. The van der Waals surface area contributed by atoms with Gasteiger partial charge in [0, 0.05) is 19.2 Å². The lowest BCUT2D eigenvalue weighted by Crippen LogP contribution is -2.40. The largest absolute Gasteiger partial charge is 0.416 e. The van der Waals surface area contributed by atoms with Crippen LogP contribution in [-0.2, 0) is 14.8 Å². The van der Waals surface area contributed by atoms with Crippen molar-refractivity contribution in [3.05, 3.63) is 63.7 Å². The van der Waals surface area contributed by atoms with Crippen molar-refractivity contribution in [2.75, 3.05) is 26.3 Å². The molecule has 0 amide bonds. The monoisotopic (exact) mass is 406 g/mol. The third-order valence-electron chi connectivity index (χ3n) is 4.19. The zero-order valence-corrected chi connectivity index (χ0v) is 15.8. The SMILES string of the molecule is Cc1ccc([N+](=O)[O-])c(OC(=O)c2cccc(S(=O)(=O)N3CCOCC3)c2)c1. The molecule has 28 heavy (non-hydrogen) atoms. The molecule has 1 heterocycles. The number of carbonyl (C=O) groups is 1. The summed E-state index contributed by atoms with van der Waals surface area (Å²) in [6.45, 7) is 2.77. The second-order valence-electron chi connectivity index (χ2n) is 6.16. The first kappa shape index (κ1) is 19.9. The molecular formula is C18H18N2O7S. The zero-order chi connectivity index (χ0) is 20.3. The van der Waals surface area contributed by atoms with Gasteiger partial charge in [0.05, 0.1) is 28.6 Å². The first-order chi connectivity index (χ1) is 13.3. The molecule has 148 valence electrons. The molecule has 0 spiro atoms. The molecule has 0 bridgehead atoms. The van der Waals surface area contributed by atoms with Crippen LogP contribution in [0.5, 0.6) is 5.75 Å². The third-order valence-corrected chi connectivity index (χ3v) is 6.09. The van der Waals surface area contributed by atoms with Crippen molar-refractivity contribution in [3.63, 3.8) is 0 Å². The van der Waals surface area contributed by atoms with Gasteiger partial charge in [-0.15, -0.1) is 0 Å². The minimum atomic E-state index is -3.78. The Balaban J connectivity index is 1.87. The molecule has 0 aromatic heterocycles. The van der Waals surface area contributed by atoms with Gasteiger partial charge in [0.25, 0.3) is 0 Å². The maximum absolute atomic E-state index is 12.7. The first-order valence-corrected chi connectivity index (χ1v) is 9.88. The van der Waals surface area contributed by atoms with Crippen LogP contribution < -0.4 is 4.74 Å². The van der Waals surface area contributed by atoms with Gasteiger partial charge in [-0.05, 0) is 36.8 Å². The van der Waals surface area contributed by atoms with Crippen LogP contribution in [0.3, 0.4) is 0 Å². The minimum absolute atomic E-state index is 0.0230. The smallest absolute Gasteiger partial charge is 0.343 e. The Morgan fingerprint density at radius 1 is 1.18 bits per heavy atom. The molecule has 2 aromatic carbocycles. The Kier molecular flexibility index (Phi) is 5.73. The fourth-order valence-corrected chi connectivity index (χ4v) is 4.19. The molecule has 1 aliphatic rings. The van der Waals surface area contributed by atoms with Crippen LogP contribution in [0.1, 0.15) is 15.9 Å². The molecule has 1 fully saturated rings. The van der Waals surface area contributed by atoms with Gasteiger partial charge in [-0.3, -0.25) is 10.1 Å². The highest BCUT2D eigenvalue weighted by atomic mass is 32.2. The number of esters is 1. The molecule has 0 radical (unpaired) electrons. The van der Waals surface area contributed by atoms with Gasteiger partial charge in [-0.25, -0.2) is 13.2 Å². The zero-order valence-electron chi connectivity index (χ0n) is 15.0. The van der Waals surface area contributed by atoms with E-state index < -0.39 is 20.9 Å². The number of morpholine rings is 1. The second kappa shape index (κ2) is 8.05. The van der Waals surface area contributed by atoms with E-state index in [0.29, 0.717) is 18.8 Å². The van der Waals surface area contributed by atoms with E-state index in [2.05, 4.69) is 0 Å². The number of benzene rings is 2. The third kappa shape index (κ3) is 4.19. The van der Waals surface area contributed by atoms with Gasteiger partial charge in [0.1, 0.15) is 0 Å². The molecule has 3 rings (SSSR count). The van der Waals surface area contributed by atoms with E-state index in [1.807, 2.05) is 0 Å². The van der Waals surface area contributed by atoms with Gasteiger partial charge in [-0.1, -0.05) is 12.1 Å². The van der Waals surface area contributed by atoms with Gasteiger partial charge >= 0.3 is 11.7 Å². The number of ether oxygens (including phenoxy) is 2. The molecule has 0 atom stereocenters. The number of rotatable bonds is 5. The lowest BCUT2D eigenvalue weighted by molar-refractivity contribution is -0.385. The molecule has 1 aliphatic heterocycles. The topological polar surface area (TPSA) is 116 Å². The van der Waals surface area contributed by atoms with E-state index in [4.69, 9.17) is 9.47 Å². The lowest BCUT2D eigenvalue weighted by atomic mass is 10.2. The number of nitro benzene ring substituents is 1. The highest BCUT2D eigenvalue weighted by Gasteiger charge is 2.27. The molecule has 0 unspecified atom stereocenters. The van der Waals surface area contributed by atoms with Crippen LogP contribution in [0.15, 0.2) is 47.4 Å². The van der Waals surface area contributed by atoms with Crippen molar-refractivity contribution in [2.24, 2.45) is 0 Å². The van der Waals surface area contributed by atoms with E-state index in [0.717, 1.165) is 0 Å². The maximum atomic E-state index is 12.7. The van der Waals surface area contributed by atoms with Gasteiger partial charge in [0.2, 0.25) is 15.8 Å². The maximum Gasteiger partial charge on any atom is 0.343 e. The van der Waals surface area contributed by atoms with E-state index in [9.17, 15) is 23.3 Å². The number of carbonyl (C=O) groups excluding carboxylic acids is 1.